The second-order valence-electron chi connectivity index (χ2n) is 4.47. The van der Waals surface area contributed by atoms with E-state index < -0.39 is 0 Å². The highest BCUT2D eigenvalue weighted by molar-refractivity contribution is 5.37. The van der Waals surface area contributed by atoms with Crippen LogP contribution in [0, 0.1) is 0 Å². The molecule has 5 nitrogen and oxygen atoms in total. The van der Waals surface area contributed by atoms with Gasteiger partial charge in [0.15, 0.2) is 5.82 Å². The molecule has 1 aliphatic rings. The Kier molecular flexibility index (Phi) is 4.14. The largest absolute Gasteiger partial charge is 0.474 e. The van der Waals surface area contributed by atoms with Crippen molar-refractivity contribution in [2.45, 2.75) is 26.4 Å². The maximum atomic E-state index is 5.56. The van der Waals surface area contributed by atoms with Gasteiger partial charge in [-0.3, -0.25) is 4.98 Å². The van der Waals surface area contributed by atoms with Gasteiger partial charge in [-0.25, -0.2) is 0 Å². The number of rotatable bonds is 3. The third-order valence-corrected chi connectivity index (χ3v) is 2.62. The molecule has 0 unspecified atom stereocenters. The summed E-state index contributed by atoms with van der Waals surface area (Å²) in [5.41, 5.74) is 0. The topological polar surface area (TPSA) is 50.3 Å². The van der Waals surface area contributed by atoms with E-state index >= 15 is 0 Å². The van der Waals surface area contributed by atoms with Gasteiger partial charge in [0.1, 0.15) is 0 Å². The molecule has 5 heteroatoms. The predicted molar refractivity (Wildman–Crippen MR) is 67.5 cm³/mol. The fourth-order valence-corrected chi connectivity index (χ4v) is 1.86. The Labute approximate surface area is 102 Å². The molecular weight excluding hydrogens is 216 g/mol. The lowest BCUT2D eigenvalue weighted by atomic mass is 10.4. The number of hydrogen-bond donors (Lipinski definition) is 1. The lowest BCUT2D eigenvalue weighted by molar-refractivity contribution is 0.231. The van der Waals surface area contributed by atoms with E-state index in [9.17, 15) is 0 Å². The summed E-state index contributed by atoms with van der Waals surface area (Å²) in [7, 11) is 0. The monoisotopic (exact) mass is 236 g/mol. The van der Waals surface area contributed by atoms with E-state index in [2.05, 4.69) is 20.2 Å². The molecule has 1 aromatic rings. The van der Waals surface area contributed by atoms with E-state index in [1.165, 1.54) is 0 Å². The fraction of sp³-hybridized carbons (Fsp3) is 0.667. The molecule has 1 fully saturated rings. The first kappa shape index (κ1) is 12.1. The molecule has 0 aromatic carbocycles. The quantitative estimate of drug-likeness (QED) is 0.850. The van der Waals surface area contributed by atoms with E-state index in [0.717, 1.165) is 38.4 Å². The number of ether oxygens (including phenoxy) is 1. The van der Waals surface area contributed by atoms with Crippen molar-refractivity contribution < 1.29 is 4.74 Å². The molecule has 0 radical (unpaired) electrons. The van der Waals surface area contributed by atoms with E-state index in [0.29, 0.717) is 5.88 Å². The molecule has 0 atom stereocenters. The van der Waals surface area contributed by atoms with Gasteiger partial charge in [0.2, 0.25) is 5.88 Å². The SMILES string of the molecule is CC(C)Oc1cncc(N2CCCNCC2)n1. The summed E-state index contributed by atoms with van der Waals surface area (Å²) in [6.07, 6.45) is 4.74. The Morgan fingerprint density at radius 3 is 3.00 bits per heavy atom. The average Bonchev–Trinajstić information content (AvgIpc) is 2.57. The standard InChI is InChI=1S/C12H20N4O/c1-10(2)17-12-9-14-8-11(15-12)16-6-3-4-13-5-7-16/h8-10,13H,3-7H2,1-2H3. The van der Waals surface area contributed by atoms with Crippen LogP contribution in [-0.2, 0) is 0 Å². The van der Waals surface area contributed by atoms with Gasteiger partial charge in [0.25, 0.3) is 0 Å². The van der Waals surface area contributed by atoms with Gasteiger partial charge < -0.3 is 15.0 Å². The van der Waals surface area contributed by atoms with E-state index in [-0.39, 0.29) is 6.10 Å². The molecule has 17 heavy (non-hydrogen) atoms. The van der Waals surface area contributed by atoms with Crippen LogP contribution >= 0.6 is 0 Å². The first-order valence-electron chi connectivity index (χ1n) is 6.20. The Bertz CT molecular complexity index is 348. The molecule has 1 aliphatic heterocycles. The van der Waals surface area contributed by atoms with Crippen molar-refractivity contribution in [2.75, 3.05) is 31.1 Å². The second kappa shape index (κ2) is 5.82. The first-order chi connectivity index (χ1) is 8.25. The predicted octanol–water partition coefficient (Wildman–Crippen LogP) is 1.06. The van der Waals surface area contributed by atoms with Crippen LogP contribution in [0.2, 0.25) is 0 Å². The van der Waals surface area contributed by atoms with Gasteiger partial charge in [0, 0.05) is 19.6 Å². The Balaban J connectivity index is 2.08. The third-order valence-electron chi connectivity index (χ3n) is 2.62. The Hall–Kier alpha value is -1.36. The zero-order chi connectivity index (χ0) is 12.1. The van der Waals surface area contributed by atoms with Crippen LogP contribution in [0.25, 0.3) is 0 Å². The molecule has 0 amide bonds. The molecule has 1 saturated heterocycles. The molecule has 2 heterocycles. The van der Waals surface area contributed by atoms with E-state index in [4.69, 9.17) is 4.74 Å². The molecule has 0 saturated carbocycles. The number of aromatic nitrogens is 2. The van der Waals surface area contributed by atoms with Crippen LogP contribution in [0.3, 0.4) is 0 Å². The molecule has 0 bridgehead atoms. The Morgan fingerprint density at radius 1 is 1.29 bits per heavy atom. The third kappa shape index (κ3) is 3.56. The van der Waals surface area contributed by atoms with Gasteiger partial charge >= 0.3 is 0 Å². The minimum atomic E-state index is 0.130. The van der Waals surface area contributed by atoms with Gasteiger partial charge in [-0.05, 0) is 26.8 Å². The second-order valence-corrected chi connectivity index (χ2v) is 4.47. The maximum absolute atomic E-state index is 5.56. The minimum Gasteiger partial charge on any atom is -0.474 e. The van der Waals surface area contributed by atoms with Crippen LogP contribution in [0.15, 0.2) is 12.4 Å². The first-order valence-corrected chi connectivity index (χ1v) is 6.20. The van der Waals surface area contributed by atoms with Gasteiger partial charge in [0.05, 0.1) is 18.5 Å². The maximum Gasteiger partial charge on any atom is 0.234 e. The highest BCUT2D eigenvalue weighted by atomic mass is 16.5. The van der Waals surface area contributed by atoms with Crippen molar-refractivity contribution >= 4 is 5.82 Å². The van der Waals surface area contributed by atoms with Crippen molar-refractivity contribution in [3.8, 4) is 5.88 Å². The van der Waals surface area contributed by atoms with Gasteiger partial charge in [-0.1, -0.05) is 0 Å². The number of nitrogens with one attached hydrogen (secondary N) is 1. The normalized spacial score (nSPS) is 17.0. The van der Waals surface area contributed by atoms with Gasteiger partial charge in [-0.15, -0.1) is 0 Å². The van der Waals surface area contributed by atoms with Crippen molar-refractivity contribution in [1.82, 2.24) is 15.3 Å². The fourth-order valence-electron chi connectivity index (χ4n) is 1.86. The summed E-state index contributed by atoms with van der Waals surface area (Å²) in [4.78, 5) is 10.9. The highest BCUT2D eigenvalue weighted by Gasteiger charge is 2.12. The highest BCUT2D eigenvalue weighted by Crippen LogP contribution is 2.15. The van der Waals surface area contributed by atoms with Crippen molar-refractivity contribution in [1.29, 1.82) is 0 Å². The summed E-state index contributed by atoms with van der Waals surface area (Å²) >= 11 is 0. The lowest BCUT2D eigenvalue weighted by Crippen LogP contribution is -2.28. The number of anilines is 1. The lowest BCUT2D eigenvalue weighted by Gasteiger charge is -2.21. The van der Waals surface area contributed by atoms with Gasteiger partial charge in [-0.2, -0.15) is 4.98 Å². The molecule has 2 rings (SSSR count). The summed E-state index contributed by atoms with van der Waals surface area (Å²) < 4.78 is 5.56. The van der Waals surface area contributed by atoms with E-state index in [1.807, 2.05) is 13.8 Å². The van der Waals surface area contributed by atoms with Crippen LogP contribution in [0.5, 0.6) is 5.88 Å². The molecular formula is C12H20N4O. The smallest absolute Gasteiger partial charge is 0.234 e. The zero-order valence-corrected chi connectivity index (χ0v) is 10.5. The molecule has 1 N–H and O–H groups in total. The molecule has 0 spiro atoms. The van der Waals surface area contributed by atoms with Crippen molar-refractivity contribution in [3.05, 3.63) is 12.4 Å². The molecule has 0 aliphatic carbocycles. The molecule has 94 valence electrons. The molecule has 1 aromatic heterocycles. The van der Waals surface area contributed by atoms with E-state index in [1.54, 1.807) is 12.4 Å². The van der Waals surface area contributed by atoms with Crippen LogP contribution in [-0.4, -0.2) is 42.3 Å². The van der Waals surface area contributed by atoms with Crippen LogP contribution < -0.4 is 15.0 Å². The number of hydrogen-bond acceptors (Lipinski definition) is 5. The summed E-state index contributed by atoms with van der Waals surface area (Å²) in [6, 6.07) is 0. The summed E-state index contributed by atoms with van der Waals surface area (Å²) in [5.74, 6) is 1.52. The Morgan fingerprint density at radius 2 is 2.18 bits per heavy atom. The van der Waals surface area contributed by atoms with Crippen molar-refractivity contribution in [2.24, 2.45) is 0 Å². The summed E-state index contributed by atoms with van der Waals surface area (Å²) in [6.45, 7) is 8.05. The number of nitrogens with zero attached hydrogens (tertiary/aromatic N) is 3. The zero-order valence-electron chi connectivity index (χ0n) is 10.5. The van der Waals surface area contributed by atoms with Crippen LogP contribution in [0.4, 0.5) is 5.82 Å². The van der Waals surface area contributed by atoms with Crippen LogP contribution in [0.1, 0.15) is 20.3 Å². The average molecular weight is 236 g/mol. The minimum absolute atomic E-state index is 0.130. The summed E-state index contributed by atoms with van der Waals surface area (Å²) in [5, 5.41) is 3.37. The van der Waals surface area contributed by atoms with Crippen molar-refractivity contribution in [3.63, 3.8) is 0 Å².